The predicted octanol–water partition coefficient (Wildman–Crippen LogP) is 5.48. The van der Waals surface area contributed by atoms with E-state index in [0.29, 0.717) is 6.10 Å². The molecule has 1 aliphatic heterocycles. The lowest BCUT2D eigenvalue weighted by Gasteiger charge is -2.27. The van der Waals surface area contributed by atoms with Crippen molar-refractivity contribution in [3.63, 3.8) is 0 Å². The molecule has 2 aliphatic rings. The first-order chi connectivity index (χ1) is 8.97. The van der Waals surface area contributed by atoms with Crippen LogP contribution < -0.4 is 0 Å². The van der Waals surface area contributed by atoms with E-state index in [1.807, 2.05) is 0 Å². The maximum atomic E-state index is 6.24. The highest BCUT2D eigenvalue weighted by atomic mass is 16.5. The molecule has 0 aromatic heterocycles. The second-order valence-electron chi connectivity index (χ2n) is 6.42. The van der Waals surface area contributed by atoms with Gasteiger partial charge in [0.05, 0.1) is 6.10 Å². The lowest BCUT2D eigenvalue weighted by molar-refractivity contribution is -0.0000489. The van der Waals surface area contributed by atoms with Gasteiger partial charge >= 0.3 is 0 Å². The third-order valence-electron chi connectivity index (χ3n) is 4.89. The summed E-state index contributed by atoms with van der Waals surface area (Å²) in [6, 6.07) is 0. The quantitative estimate of drug-likeness (QED) is 0.600. The lowest BCUT2D eigenvalue weighted by atomic mass is 9.88. The van der Waals surface area contributed by atoms with E-state index >= 15 is 0 Å². The molecule has 1 atom stereocenters. The highest BCUT2D eigenvalue weighted by molar-refractivity contribution is 4.73. The fraction of sp³-hybridized carbons (Fsp3) is 1.00. The SMILES string of the molecule is C1CCCCC(C2CCCCCCCO2)CCC1. The Kier molecular flexibility index (Phi) is 7.15. The van der Waals surface area contributed by atoms with Crippen LogP contribution >= 0.6 is 0 Å². The molecule has 1 saturated carbocycles. The van der Waals surface area contributed by atoms with E-state index in [0.717, 1.165) is 12.5 Å². The third-order valence-corrected chi connectivity index (χ3v) is 4.89. The van der Waals surface area contributed by atoms with Gasteiger partial charge in [0, 0.05) is 6.61 Å². The zero-order valence-electron chi connectivity index (χ0n) is 12.2. The molecule has 0 spiro atoms. The van der Waals surface area contributed by atoms with Gasteiger partial charge in [-0.2, -0.15) is 0 Å². The van der Waals surface area contributed by atoms with E-state index in [1.54, 1.807) is 0 Å². The van der Waals surface area contributed by atoms with Crippen LogP contribution in [-0.4, -0.2) is 12.7 Å². The van der Waals surface area contributed by atoms with E-state index in [9.17, 15) is 0 Å². The zero-order chi connectivity index (χ0) is 12.5. The summed E-state index contributed by atoms with van der Waals surface area (Å²) in [6.45, 7) is 1.03. The first-order valence-electron chi connectivity index (χ1n) is 8.58. The molecule has 1 heterocycles. The van der Waals surface area contributed by atoms with Gasteiger partial charge in [0.1, 0.15) is 0 Å². The molecular formula is C17H32O. The van der Waals surface area contributed by atoms with Crippen molar-refractivity contribution in [3.05, 3.63) is 0 Å². The highest BCUT2D eigenvalue weighted by Gasteiger charge is 2.22. The van der Waals surface area contributed by atoms with Crippen LogP contribution in [0.15, 0.2) is 0 Å². The summed E-state index contributed by atoms with van der Waals surface area (Å²) in [5, 5.41) is 0. The summed E-state index contributed by atoms with van der Waals surface area (Å²) < 4.78 is 6.24. The second-order valence-corrected chi connectivity index (χ2v) is 6.42. The van der Waals surface area contributed by atoms with Crippen LogP contribution in [0.5, 0.6) is 0 Å². The molecule has 1 aliphatic carbocycles. The normalized spacial score (nSPS) is 30.3. The highest BCUT2D eigenvalue weighted by Crippen LogP contribution is 2.29. The third kappa shape index (κ3) is 5.30. The van der Waals surface area contributed by atoms with E-state index < -0.39 is 0 Å². The van der Waals surface area contributed by atoms with Gasteiger partial charge in [0.15, 0.2) is 0 Å². The molecular weight excluding hydrogens is 220 g/mol. The Bertz CT molecular complexity index is 160. The molecule has 0 radical (unpaired) electrons. The number of rotatable bonds is 1. The molecule has 1 saturated heterocycles. The van der Waals surface area contributed by atoms with Crippen LogP contribution in [0, 0.1) is 5.92 Å². The molecule has 1 unspecified atom stereocenters. The predicted molar refractivity (Wildman–Crippen MR) is 77.9 cm³/mol. The minimum absolute atomic E-state index is 0.598. The van der Waals surface area contributed by atoms with Gasteiger partial charge in [-0.25, -0.2) is 0 Å². The van der Waals surface area contributed by atoms with Gasteiger partial charge in [-0.1, -0.05) is 64.2 Å². The Morgan fingerprint density at radius 1 is 0.500 bits per heavy atom. The number of hydrogen-bond acceptors (Lipinski definition) is 1. The monoisotopic (exact) mass is 252 g/mol. The van der Waals surface area contributed by atoms with Crippen molar-refractivity contribution >= 4 is 0 Å². The largest absolute Gasteiger partial charge is 0.378 e. The van der Waals surface area contributed by atoms with Crippen LogP contribution in [0.3, 0.4) is 0 Å². The number of hydrogen-bond donors (Lipinski definition) is 0. The molecule has 0 aromatic carbocycles. The van der Waals surface area contributed by atoms with E-state index in [1.165, 1.54) is 89.9 Å². The van der Waals surface area contributed by atoms with E-state index in [4.69, 9.17) is 4.74 Å². The van der Waals surface area contributed by atoms with Crippen LogP contribution in [-0.2, 0) is 4.74 Å². The second kappa shape index (κ2) is 8.96. The van der Waals surface area contributed by atoms with Crippen LogP contribution in [0.4, 0.5) is 0 Å². The average molecular weight is 252 g/mol. The maximum Gasteiger partial charge on any atom is 0.0603 e. The Morgan fingerprint density at radius 3 is 1.67 bits per heavy atom. The zero-order valence-corrected chi connectivity index (χ0v) is 12.2. The van der Waals surface area contributed by atoms with Gasteiger partial charge in [-0.15, -0.1) is 0 Å². The molecule has 1 nitrogen and oxygen atoms in total. The summed E-state index contributed by atoms with van der Waals surface area (Å²) in [5.41, 5.74) is 0. The summed E-state index contributed by atoms with van der Waals surface area (Å²) in [7, 11) is 0. The minimum atomic E-state index is 0.598. The van der Waals surface area contributed by atoms with E-state index in [2.05, 4.69) is 0 Å². The summed E-state index contributed by atoms with van der Waals surface area (Å²) >= 11 is 0. The van der Waals surface area contributed by atoms with Crippen molar-refractivity contribution in [1.82, 2.24) is 0 Å². The molecule has 0 aromatic rings. The van der Waals surface area contributed by atoms with Gasteiger partial charge in [-0.3, -0.25) is 0 Å². The van der Waals surface area contributed by atoms with Crippen molar-refractivity contribution in [3.8, 4) is 0 Å². The Balaban J connectivity index is 1.83. The molecule has 0 amide bonds. The van der Waals surface area contributed by atoms with Crippen molar-refractivity contribution in [2.75, 3.05) is 6.61 Å². The van der Waals surface area contributed by atoms with Crippen molar-refractivity contribution in [2.24, 2.45) is 5.92 Å². The summed E-state index contributed by atoms with van der Waals surface area (Å²) in [6.07, 6.45) is 20.5. The molecule has 0 N–H and O–H groups in total. The van der Waals surface area contributed by atoms with Crippen LogP contribution in [0.2, 0.25) is 0 Å². The van der Waals surface area contributed by atoms with Gasteiger partial charge in [-0.05, 0) is 31.6 Å². The minimum Gasteiger partial charge on any atom is -0.378 e. The Morgan fingerprint density at radius 2 is 1.00 bits per heavy atom. The van der Waals surface area contributed by atoms with Gasteiger partial charge < -0.3 is 4.74 Å². The molecule has 18 heavy (non-hydrogen) atoms. The molecule has 106 valence electrons. The maximum absolute atomic E-state index is 6.24. The fourth-order valence-corrected chi connectivity index (χ4v) is 3.70. The van der Waals surface area contributed by atoms with Crippen molar-refractivity contribution < 1.29 is 4.74 Å². The van der Waals surface area contributed by atoms with Crippen molar-refractivity contribution in [1.29, 1.82) is 0 Å². The first kappa shape index (κ1) is 14.4. The first-order valence-corrected chi connectivity index (χ1v) is 8.58. The lowest BCUT2D eigenvalue weighted by Crippen LogP contribution is -2.24. The van der Waals surface area contributed by atoms with Crippen LogP contribution in [0.25, 0.3) is 0 Å². The molecule has 1 heteroatoms. The van der Waals surface area contributed by atoms with Gasteiger partial charge in [0.25, 0.3) is 0 Å². The van der Waals surface area contributed by atoms with Crippen LogP contribution in [0.1, 0.15) is 89.9 Å². The average Bonchev–Trinajstić information content (AvgIpc) is 2.61. The molecule has 0 bridgehead atoms. The standard InChI is InChI=1S/C17H32O/c1-2-5-9-13-16(12-8-4-1)17-14-10-6-3-7-11-15-18-17/h16-17H,1-15H2. The topological polar surface area (TPSA) is 9.23 Å². The summed E-state index contributed by atoms with van der Waals surface area (Å²) in [5.74, 6) is 0.876. The summed E-state index contributed by atoms with van der Waals surface area (Å²) in [4.78, 5) is 0. The smallest absolute Gasteiger partial charge is 0.0603 e. The number of ether oxygens (including phenoxy) is 1. The van der Waals surface area contributed by atoms with Crippen molar-refractivity contribution in [2.45, 2.75) is 96.0 Å². The Labute approximate surface area is 114 Å². The van der Waals surface area contributed by atoms with Gasteiger partial charge in [0.2, 0.25) is 0 Å². The molecule has 2 rings (SSSR count). The molecule has 2 fully saturated rings. The van der Waals surface area contributed by atoms with E-state index in [-0.39, 0.29) is 0 Å². The fourth-order valence-electron chi connectivity index (χ4n) is 3.70. The Hall–Kier alpha value is -0.0400.